The summed E-state index contributed by atoms with van der Waals surface area (Å²) < 4.78 is 0. The van der Waals surface area contributed by atoms with Crippen molar-refractivity contribution in [3.63, 3.8) is 0 Å². The van der Waals surface area contributed by atoms with Crippen LogP contribution in [0.3, 0.4) is 0 Å². The Kier molecular flexibility index (Phi) is 4.71. The second kappa shape index (κ2) is 7.09. The van der Waals surface area contributed by atoms with Crippen molar-refractivity contribution >= 4 is 11.9 Å². The quantitative estimate of drug-likeness (QED) is 0.925. The molecule has 0 spiro atoms. The maximum atomic E-state index is 12.3. The first-order chi connectivity index (χ1) is 11.2. The van der Waals surface area contributed by atoms with Crippen molar-refractivity contribution in [2.75, 3.05) is 31.1 Å². The number of aromatic nitrogens is 2. The van der Waals surface area contributed by atoms with E-state index in [1.807, 2.05) is 17.0 Å². The monoisotopic (exact) mass is 312 g/mol. The van der Waals surface area contributed by atoms with Gasteiger partial charge in [-0.2, -0.15) is 0 Å². The number of para-hydroxylation sites is 1. The highest BCUT2D eigenvalue weighted by atomic mass is 16.3. The molecule has 1 aliphatic rings. The minimum atomic E-state index is 0.127. The number of benzene rings is 1. The van der Waals surface area contributed by atoms with Gasteiger partial charge < -0.3 is 14.9 Å². The predicted molar refractivity (Wildman–Crippen MR) is 87.3 cm³/mol. The van der Waals surface area contributed by atoms with E-state index in [1.54, 1.807) is 30.6 Å². The number of phenolic OH excluding ortho intramolecular Hbond substituents is 1. The zero-order chi connectivity index (χ0) is 16.1. The number of amides is 1. The van der Waals surface area contributed by atoms with Crippen molar-refractivity contribution in [3.8, 4) is 5.75 Å². The first-order valence-corrected chi connectivity index (χ1v) is 7.80. The van der Waals surface area contributed by atoms with Crippen LogP contribution in [0.1, 0.15) is 12.0 Å². The Morgan fingerprint density at radius 2 is 1.74 bits per heavy atom. The van der Waals surface area contributed by atoms with Crippen molar-refractivity contribution in [3.05, 3.63) is 48.3 Å². The second-order valence-corrected chi connectivity index (χ2v) is 5.55. The molecule has 23 heavy (non-hydrogen) atoms. The van der Waals surface area contributed by atoms with Gasteiger partial charge >= 0.3 is 0 Å². The van der Waals surface area contributed by atoms with Crippen LogP contribution in [-0.4, -0.2) is 52.1 Å². The van der Waals surface area contributed by atoms with Crippen LogP contribution in [0.2, 0.25) is 0 Å². The molecule has 2 aromatic rings. The van der Waals surface area contributed by atoms with Crippen LogP contribution in [0.15, 0.2) is 42.7 Å². The van der Waals surface area contributed by atoms with Crippen LogP contribution in [0, 0.1) is 0 Å². The molecule has 0 unspecified atom stereocenters. The molecule has 1 aliphatic heterocycles. The normalized spacial score (nSPS) is 14.8. The number of hydrogen-bond donors (Lipinski definition) is 1. The van der Waals surface area contributed by atoms with Crippen LogP contribution < -0.4 is 4.90 Å². The minimum absolute atomic E-state index is 0.127. The Labute approximate surface area is 135 Å². The lowest BCUT2D eigenvalue weighted by Gasteiger charge is -2.34. The van der Waals surface area contributed by atoms with E-state index in [2.05, 4.69) is 14.9 Å². The Bertz CT molecular complexity index is 655. The summed E-state index contributed by atoms with van der Waals surface area (Å²) in [6, 6.07) is 8.96. The summed E-state index contributed by atoms with van der Waals surface area (Å²) in [5.41, 5.74) is 0.817. The average molecular weight is 312 g/mol. The van der Waals surface area contributed by atoms with Gasteiger partial charge in [-0.1, -0.05) is 18.2 Å². The fraction of sp³-hybridized carbons (Fsp3) is 0.353. The first-order valence-electron chi connectivity index (χ1n) is 7.80. The van der Waals surface area contributed by atoms with Gasteiger partial charge in [-0.3, -0.25) is 4.79 Å². The third-order valence-corrected chi connectivity index (χ3v) is 4.07. The molecule has 1 N–H and O–H groups in total. The molecular formula is C17H20N4O2. The number of anilines is 1. The summed E-state index contributed by atoms with van der Waals surface area (Å²) in [5, 5.41) is 9.75. The number of aromatic hydroxyl groups is 1. The molecule has 0 atom stereocenters. The highest BCUT2D eigenvalue weighted by Crippen LogP contribution is 2.18. The topological polar surface area (TPSA) is 69.6 Å². The summed E-state index contributed by atoms with van der Waals surface area (Å²) >= 11 is 0. The molecule has 0 bridgehead atoms. The maximum Gasteiger partial charge on any atom is 0.225 e. The lowest BCUT2D eigenvalue weighted by molar-refractivity contribution is -0.131. The van der Waals surface area contributed by atoms with Crippen LogP contribution >= 0.6 is 0 Å². The summed E-state index contributed by atoms with van der Waals surface area (Å²) in [6.45, 7) is 2.84. The SMILES string of the molecule is O=C(CCc1ccccc1O)N1CCN(c2ncccn2)CC1. The Hall–Kier alpha value is -2.63. The molecule has 3 rings (SSSR count). The third kappa shape index (κ3) is 3.77. The summed E-state index contributed by atoms with van der Waals surface area (Å²) in [7, 11) is 0. The van der Waals surface area contributed by atoms with Crippen molar-refractivity contribution in [2.45, 2.75) is 12.8 Å². The van der Waals surface area contributed by atoms with Gasteiger partial charge in [0, 0.05) is 45.0 Å². The largest absolute Gasteiger partial charge is 0.508 e. The van der Waals surface area contributed by atoms with Gasteiger partial charge in [-0.05, 0) is 24.1 Å². The summed E-state index contributed by atoms with van der Waals surface area (Å²) in [4.78, 5) is 24.8. The Balaban J connectivity index is 1.50. The molecule has 0 aliphatic carbocycles. The summed E-state index contributed by atoms with van der Waals surface area (Å²) in [5.74, 6) is 1.10. The van der Waals surface area contributed by atoms with Crippen molar-refractivity contribution in [1.82, 2.24) is 14.9 Å². The molecule has 6 nitrogen and oxygen atoms in total. The van der Waals surface area contributed by atoms with Crippen LogP contribution in [0.5, 0.6) is 5.75 Å². The van der Waals surface area contributed by atoms with Gasteiger partial charge in [0.05, 0.1) is 0 Å². The molecule has 6 heteroatoms. The molecule has 120 valence electrons. The molecule has 0 saturated carbocycles. The van der Waals surface area contributed by atoms with Crippen LogP contribution in [0.4, 0.5) is 5.95 Å². The fourth-order valence-corrected chi connectivity index (χ4v) is 2.73. The van der Waals surface area contributed by atoms with E-state index in [4.69, 9.17) is 0 Å². The van der Waals surface area contributed by atoms with Gasteiger partial charge in [0.15, 0.2) is 0 Å². The van der Waals surface area contributed by atoms with Gasteiger partial charge in [0.25, 0.3) is 0 Å². The van der Waals surface area contributed by atoms with E-state index in [1.165, 1.54) is 0 Å². The summed E-state index contributed by atoms with van der Waals surface area (Å²) in [6.07, 6.45) is 4.44. The number of phenols is 1. The highest BCUT2D eigenvalue weighted by molar-refractivity contribution is 5.76. The standard InChI is InChI=1S/C17H20N4O2/c22-15-5-2-1-4-14(15)6-7-16(23)20-10-12-21(13-11-20)17-18-8-3-9-19-17/h1-5,8-9,22H,6-7,10-13H2. The van der Waals surface area contributed by atoms with Crippen LogP contribution in [0.25, 0.3) is 0 Å². The van der Waals surface area contributed by atoms with Crippen molar-refractivity contribution in [2.24, 2.45) is 0 Å². The van der Waals surface area contributed by atoms with E-state index in [9.17, 15) is 9.90 Å². The van der Waals surface area contributed by atoms with Gasteiger partial charge in [-0.25, -0.2) is 9.97 Å². The number of rotatable bonds is 4. The van der Waals surface area contributed by atoms with E-state index >= 15 is 0 Å². The molecule has 1 saturated heterocycles. The first kappa shape index (κ1) is 15.3. The lowest BCUT2D eigenvalue weighted by atomic mass is 10.1. The van der Waals surface area contributed by atoms with Crippen molar-refractivity contribution < 1.29 is 9.90 Å². The fourth-order valence-electron chi connectivity index (χ4n) is 2.73. The maximum absolute atomic E-state index is 12.3. The molecule has 0 radical (unpaired) electrons. The van der Waals surface area contributed by atoms with E-state index in [-0.39, 0.29) is 11.7 Å². The number of carbonyl (C=O) groups is 1. The van der Waals surface area contributed by atoms with Gasteiger partial charge in [0.1, 0.15) is 5.75 Å². The van der Waals surface area contributed by atoms with Gasteiger partial charge in [-0.15, -0.1) is 0 Å². The predicted octanol–water partition coefficient (Wildman–Crippen LogP) is 1.46. The van der Waals surface area contributed by atoms with Crippen molar-refractivity contribution in [1.29, 1.82) is 0 Å². The van der Waals surface area contributed by atoms with E-state index < -0.39 is 0 Å². The number of nitrogens with zero attached hydrogens (tertiary/aromatic N) is 4. The highest BCUT2D eigenvalue weighted by Gasteiger charge is 2.22. The van der Waals surface area contributed by atoms with E-state index in [0.717, 1.165) is 18.7 Å². The molecular weight excluding hydrogens is 292 g/mol. The Morgan fingerprint density at radius 1 is 1.04 bits per heavy atom. The van der Waals surface area contributed by atoms with Gasteiger partial charge in [0.2, 0.25) is 11.9 Å². The molecule has 1 amide bonds. The molecule has 1 aromatic heterocycles. The molecule has 2 heterocycles. The molecule has 1 aromatic carbocycles. The number of piperazine rings is 1. The number of hydrogen-bond acceptors (Lipinski definition) is 5. The minimum Gasteiger partial charge on any atom is -0.508 e. The lowest BCUT2D eigenvalue weighted by Crippen LogP contribution is -2.49. The molecule has 1 fully saturated rings. The number of aryl methyl sites for hydroxylation is 1. The Morgan fingerprint density at radius 3 is 2.43 bits per heavy atom. The van der Waals surface area contributed by atoms with Crippen LogP contribution in [-0.2, 0) is 11.2 Å². The second-order valence-electron chi connectivity index (χ2n) is 5.55. The average Bonchev–Trinajstić information content (AvgIpc) is 2.62. The zero-order valence-electron chi connectivity index (χ0n) is 12.9. The van der Waals surface area contributed by atoms with E-state index in [0.29, 0.717) is 31.9 Å². The smallest absolute Gasteiger partial charge is 0.225 e. The zero-order valence-corrected chi connectivity index (χ0v) is 12.9. The number of carbonyl (C=O) groups excluding carboxylic acids is 1. The third-order valence-electron chi connectivity index (χ3n) is 4.07.